The van der Waals surface area contributed by atoms with E-state index in [2.05, 4.69) is 24.8 Å². The second kappa shape index (κ2) is 9.25. The summed E-state index contributed by atoms with van der Waals surface area (Å²) in [5, 5.41) is 2.88. The molecule has 6 rings (SSSR count). The average molecular weight is 526 g/mol. The Kier molecular flexibility index (Phi) is 6.03. The van der Waals surface area contributed by atoms with Crippen LogP contribution >= 0.6 is 0 Å². The van der Waals surface area contributed by atoms with E-state index >= 15 is 0 Å². The van der Waals surface area contributed by atoms with Crippen molar-refractivity contribution in [1.82, 2.24) is 29.1 Å². The SMILES string of the molecule is C[C@@H](Oc1nc(-c2ccc(N3CCN(S(C)(=O)=O)CC3)cn2)cc2ncn(C3CC3)c12)[C@H]1CNC(=O)C1. The molecule has 1 amide bonds. The van der Waals surface area contributed by atoms with Gasteiger partial charge >= 0.3 is 0 Å². The van der Waals surface area contributed by atoms with E-state index < -0.39 is 10.0 Å². The Balaban J connectivity index is 1.26. The molecule has 37 heavy (non-hydrogen) atoms. The van der Waals surface area contributed by atoms with Gasteiger partial charge in [0.25, 0.3) is 0 Å². The molecule has 0 radical (unpaired) electrons. The maximum Gasteiger partial charge on any atom is 0.241 e. The summed E-state index contributed by atoms with van der Waals surface area (Å²) in [6.07, 6.45) is 7.41. The smallest absolute Gasteiger partial charge is 0.241 e. The molecular weight excluding hydrogens is 494 g/mol. The number of anilines is 1. The molecule has 11 nitrogen and oxygen atoms in total. The second-order valence-corrected chi connectivity index (χ2v) is 12.2. The predicted octanol–water partition coefficient (Wildman–Crippen LogP) is 1.81. The number of rotatable bonds is 7. The van der Waals surface area contributed by atoms with Crippen LogP contribution in [-0.4, -0.2) is 83.2 Å². The van der Waals surface area contributed by atoms with Gasteiger partial charge in [0.1, 0.15) is 11.6 Å². The third-order valence-electron chi connectivity index (χ3n) is 7.51. The van der Waals surface area contributed by atoms with Gasteiger partial charge in [0.05, 0.1) is 41.4 Å². The van der Waals surface area contributed by atoms with Crippen LogP contribution in [0.25, 0.3) is 22.4 Å². The fourth-order valence-electron chi connectivity index (χ4n) is 5.10. The van der Waals surface area contributed by atoms with Crippen LogP contribution in [0.3, 0.4) is 0 Å². The number of hydrogen-bond acceptors (Lipinski definition) is 8. The Bertz CT molecular complexity index is 1430. The van der Waals surface area contributed by atoms with Crippen LogP contribution in [-0.2, 0) is 14.8 Å². The Morgan fingerprint density at radius 3 is 2.51 bits per heavy atom. The van der Waals surface area contributed by atoms with Crippen molar-refractivity contribution in [2.75, 3.05) is 43.9 Å². The van der Waals surface area contributed by atoms with Crippen molar-refractivity contribution in [1.29, 1.82) is 0 Å². The topological polar surface area (TPSA) is 123 Å². The van der Waals surface area contributed by atoms with E-state index in [9.17, 15) is 13.2 Å². The van der Waals surface area contributed by atoms with Crippen molar-refractivity contribution >= 4 is 32.7 Å². The van der Waals surface area contributed by atoms with Crippen molar-refractivity contribution in [3.05, 3.63) is 30.7 Å². The number of carbonyl (C=O) groups excluding carboxylic acids is 1. The molecule has 0 aromatic carbocycles. The largest absolute Gasteiger partial charge is 0.473 e. The third-order valence-corrected chi connectivity index (χ3v) is 8.82. The number of amides is 1. The second-order valence-electron chi connectivity index (χ2n) is 10.2. The van der Waals surface area contributed by atoms with Crippen LogP contribution in [0, 0.1) is 5.92 Å². The molecule has 0 spiro atoms. The molecule has 1 N–H and O–H groups in total. The highest BCUT2D eigenvalue weighted by atomic mass is 32.2. The molecular formula is C25H31N7O4S. The van der Waals surface area contributed by atoms with Gasteiger partial charge in [-0.2, -0.15) is 4.31 Å². The molecule has 196 valence electrons. The van der Waals surface area contributed by atoms with E-state index in [1.54, 1.807) is 6.20 Å². The average Bonchev–Trinajstić information content (AvgIpc) is 3.48. The van der Waals surface area contributed by atoms with Crippen molar-refractivity contribution in [2.45, 2.75) is 38.3 Å². The number of hydrogen-bond donors (Lipinski definition) is 1. The van der Waals surface area contributed by atoms with Gasteiger partial charge in [-0.1, -0.05) is 0 Å². The van der Waals surface area contributed by atoms with E-state index in [-0.39, 0.29) is 17.9 Å². The van der Waals surface area contributed by atoms with Crippen molar-refractivity contribution in [3.8, 4) is 17.3 Å². The first-order chi connectivity index (χ1) is 17.8. The Hall–Kier alpha value is -3.25. The summed E-state index contributed by atoms with van der Waals surface area (Å²) in [6, 6.07) is 6.29. The number of nitrogens with one attached hydrogen (secondary N) is 1. The van der Waals surface area contributed by atoms with Crippen molar-refractivity contribution < 1.29 is 17.9 Å². The lowest BCUT2D eigenvalue weighted by Gasteiger charge is -2.34. The molecule has 0 unspecified atom stereocenters. The molecule has 12 heteroatoms. The number of imidazole rings is 1. The lowest BCUT2D eigenvalue weighted by atomic mass is 10.0. The first kappa shape index (κ1) is 24.1. The summed E-state index contributed by atoms with van der Waals surface area (Å²) in [5.74, 6) is 0.662. The molecule has 3 aromatic rings. The standard InChI is InChI=1S/C25H31N7O4S/c1-16(17-11-23(33)27-13-17)36-25-24-22(28-15-32(24)18-3-4-18)12-21(29-25)20-6-5-19(14-26-20)30-7-9-31(10-8-30)37(2,34)35/h5-6,12,14-18H,3-4,7-11,13H2,1-2H3,(H,27,33)/t16-,17-/m1/s1. The molecule has 2 saturated heterocycles. The lowest BCUT2D eigenvalue weighted by Crippen LogP contribution is -2.48. The number of aromatic nitrogens is 4. The number of ether oxygens (including phenoxy) is 1. The van der Waals surface area contributed by atoms with Gasteiger partial charge in [-0.05, 0) is 38.0 Å². The number of carbonyl (C=O) groups is 1. The van der Waals surface area contributed by atoms with Crippen molar-refractivity contribution in [3.63, 3.8) is 0 Å². The zero-order chi connectivity index (χ0) is 25.7. The van der Waals surface area contributed by atoms with Gasteiger partial charge in [-0.15, -0.1) is 0 Å². The van der Waals surface area contributed by atoms with Crippen LogP contribution in [0.4, 0.5) is 5.69 Å². The van der Waals surface area contributed by atoms with Crippen LogP contribution in [0.5, 0.6) is 5.88 Å². The Labute approximate surface area is 215 Å². The number of pyridine rings is 2. The Morgan fingerprint density at radius 2 is 1.89 bits per heavy atom. The van der Waals surface area contributed by atoms with E-state index in [0.29, 0.717) is 62.5 Å². The van der Waals surface area contributed by atoms with E-state index in [4.69, 9.17) is 9.72 Å². The molecule has 1 saturated carbocycles. The molecule has 5 heterocycles. The van der Waals surface area contributed by atoms with Gasteiger partial charge in [0, 0.05) is 51.1 Å². The predicted molar refractivity (Wildman–Crippen MR) is 139 cm³/mol. The maximum atomic E-state index is 11.8. The zero-order valence-electron chi connectivity index (χ0n) is 21.0. The van der Waals surface area contributed by atoms with E-state index in [1.807, 2.05) is 31.5 Å². The van der Waals surface area contributed by atoms with Gasteiger partial charge in [0.2, 0.25) is 21.8 Å². The minimum atomic E-state index is -3.17. The quantitative estimate of drug-likeness (QED) is 0.496. The number of nitrogens with zero attached hydrogens (tertiary/aromatic N) is 6. The molecule has 3 aliphatic rings. The molecule has 3 aromatic heterocycles. The monoisotopic (exact) mass is 525 g/mol. The van der Waals surface area contributed by atoms with E-state index in [0.717, 1.165) is 29.6 Å². The minimum absolute atomic E-state index is 0.0531. The van der Waals surface area contributed by atoms with Gasteiger partial charge in [-0.3, -0.25) is 9.78 Å². The van der Waals surface area contributed by atoms with Crippen molar-refractivity contribution in [2.24, 2.45) is 5.92 Å². The zero-order valence-corrected chi connectivity index (χ0v) is 21.8. The number of piperazine rings is 1. The Morgan fingerprint density at radius 1 is 1.11 bits per heavy atom. The van der Waals surface area contributed by atoms with Gasteiger partial charge in [-0.25, -0.2) is 18.4 Å². The summed E-state index contributed by atoms with van der Waals surface area (Å²) < 4.78 is 33.7. The maximum absolute atomic E-state index is 11.8. The molecule has 3 fully saturated rings. The molecule has 1 aliphatic carbocycles. The van der Waals surface area contributed by atoms with Gasteiger partial charge < -0.3 is 19.5 Å². The number of fused-ring (bicyclic) bond motifs is 1. The first-order valence-corrected chi connectivity index (χ1v) is 14.6. The normalized spacial score (nSPS) is 21.8. The lowest BCUT2D eigenvalue weighted by molar-refractivity contribution is -0.119. The van der Waals surface area contributed by atoms with Crippen LogP contribution in [0.2, 0.25) is 0 Å². The fourth-order valence-corrected chi connectivity index (χ4v) is 5.93. The first-order valence-electron chi connectivity index (χ1n) is 12.7. The molecule has 2 atom stereocenters. The highest BCUT2D eigenvalue weighted by Crippen LogP contribution is 2.40. The summed E-state index contributed by atoms with van der Waals surface area (Å²) >= 11 is 0. The molecule has 2 aliphatic heterocycles. The summed E-state index contributed by atoms with van der Waals surface area (Å²) in [5.41, 5.74) is 4.01. The summed E-state index contributed by atoms with van der Waals surface area (Å²) in [4.78, 5) is 28.1. The fraction of sp³-hybridized carbons (Fsp3) is 0.520. The third kappa shape index (κ3) is 4.87. The number of sulfonamides is 1. The summed E-state index contributed by atoms with van der Waals surface area (Å²) in [7, 11) is -3.17. The minimum Gasteiger partial charge on any atom is -0.473 e. The van der Waals surface area contributed by atoms with E-state index in [1.165, 1.54) is 10.6 Å². The summed E-state index contributed by atoms with van der Waals surface area (Å²) in [6.45, 7) is 4.75. The van der Waals surface area contributed by atoms with Crippen LogP contribution < -0.4 is 15.0 Å². The van der Waals surface area contributed by atoms with Gasteiger partial charge in [0.15, 0.2) is 0 Å². The highest BCUT2D eigenvalue weighted by molar-refractivity contribution is 7.88. The highest BCUT2D eigenvalue weighted by Gasteiger charge is 2.31. The molecule has 0 bridgehead atoms. The van der Waals surface area contributed by atoms with Crippen LogP contribution in [0.1, 0.15) is 32.2 Å². The van der Waals surface area contributed by atoms with Crippen LogP contribution in [0.15, 0.2) is 30.7 Å².